The number of rotatable bonds is 5. The summed E-state index contributed by atoms with van der Waals surface area (Å²) >= 11 is 0. The molecule has 1 amide bonds. The zero-order chi connectivity index (χ0) is 10.4. The van der Waals surface area contributed by atoms with Crippen LogP contribution >= 0.6 is 0 Å². The number of nitrogens with one attached hydrogen (secondary N) is 1. The molecule has 0 unspecified atom stereocenters. The summed E-state index contributed by atoms with van der Waals surface area (Å²) in [7, 11) is 0. The maximum absolute atomic E-state index is 10.4. The lowest BCUT2D eigenvalue weighted by molar-refractivity contribution is -0.119. The third-order valence-corrected chi connectivity index (χ3v) is 1.62. The molecule has 0 atom stereocenters. The van der Waals surface area contributed by atoms with Crippen molar-refractivity contribution in [2.75, 3.05) is 18.5 Å². The maximum Gasteiger partial charge on any atom is 0.255 e. The van der Waals surface area contributed by atoms with Gasteiger partial charge in [-0.2, -0.15) is 0 Å². The number of benzene rings is 1. The van der Waals surface area contributed by atoms with E-state index in [-0.39, 0.29) is 6.61 Å². The van der Waals surface area contributed by atoms with E-state index in [1.165, 1.54) is 0 Å². The fourth-order valence-corrected chi connectivity index (χ4v) is 1.03. The van der Waals surface area contributed by atoms with Gasteiger partial charge in [0.05, 0.1) is 0 Å². The monoisotopic (exact) mass is 194 g/mol. The van der Waals surface area contributed by atoms with E-state index in [2.05, 4.69) is 5.32 Å². The predicted octanol–water partition coefficient (Wildman–Crippen LogP) is 0.982. The van der Waals surface area contributed by atoms with E-state index in [0.717, 1.165) is 12.2 Å². The van der Waals surface area contributed by atoms with E-state index in [9.17, 15) is 4.79 Å². The van der Waals surface area contributed by atoms with Crippen LogP contribution in [0.15, 0.2) is 24.3 Å². The Kier molecular flexibility index (Phi) is 3.79. The van der Waals surface area contributed by atoms with Crippen molar-refractivity contribution in [2.24, 2.45) is 5.73 Å². The van der Waals surface area contributed by atoms with E-state index < -0.39 is 5.91 Å². The highest BCUT2D eigenvalue weighted by atomic mass is 16.5. The molecule has 0 aliphatic carbocycles. The smallest absolute Gasteiger partial charge is 0.255 e. The van der Waals surface area contributed by atoms with Crippen molar-refractivity contribution in [1.29, 1.82) is 0 Å². The van der Waals surface area contributed by atoms with Crippen LogP contribution in [0, 0.1) is 0 Å². The minimum Gasteiger partial charge on any atom is -0.484 e. The molecule has 0 aliphatic rings. The topological polar surface area (TPSA) is 64.3 Å². The first-order chi connectivity index (χ1) is 6.72. The van der Waals surface area contributed by atoms with Crippen molar-refractivity contribution >= 4 is 11.6 Å². The van der Waals surface area contributed by atoms with Crippen molar-refractivity contribution in [3.63, 3.8) is 0 Å². The molecule has 0 saturated heterocycles. The number of hydrogen-bond acceptors (Lipinski definition) is 3. The quantitative estimate of drug-likeness (QED) is 0.734. The first kappa shape index (κ1) is 10.4. The van der Waals surface area contributed by atoms with Crippen molar-refractivity contribution in [3.05, 3.63) is 24.3 Å². The standard InChI is InChI=1S/C10H14N2O2/c1-2-12-8-3-5-9(6-4-8)14-7-10(11)13/h3-6,12H,2,7H2,1H3,(H2,11,13). The molecule has 0 bridgehead atoms. The van der Waals surface area contributed by atoms with E-state index in [1.807, 2.05) is 19.1 Å². The van der Waals surface area contributed by atoms with Crippen molar-refractivity contribution < 1.29 is 9.53 Å². The van der Waals surface area contributed by atoms with E-state index in [0.29, 0.717) is 5.75 Å². The largest absolute Gasteiger partial charge is 0.484 e. The van der Waals surface area contributed by atoms with E-state index in [4.69, 9.17) is 10.5 Å². The number of hydrogen-bond donors (Lipinski definition) is 2. The molecule has 0 aliphatic heterocycles. The number of carbonyl (C=O) groups excluding carboxylic acids is 1. The lowest BCUT2D eigenvalue weighted by atomic mass is 10.3. The molecule has 0 heterocycles. The summed E-state index contributed by atoms with van der Waals surface area (Å²) in [5, 5.41) is 3.15. The molecule has 3 N–H and O–H groups in total. The zero-order valence-corrected chi connectivity index (χ0v) is 8.12. The molecule has 4 heteroatoms. The molecule has 76 valence electrons. The molecular weight excluding hydrogens is 180 g/mol. The minimum atomic E-state index is -0.472. The van der Waals surface area contributed by atoms with Gasteiger partial charge in [0.1, 0.15) is 5.75 Å². The van der Waals surface area contributed by atoms with Gasteiger partial charge >= 0.3 is 0 Å². The second-order valence-corrected chi connectivity index (χ2v) is 2.81. The normalized spacial score (nSPS) is 9.50. The first-order valence-corrected chi connectivity index (χ1v) is 4.47. The van der Waals surface area contributed by atoms with E-state index >= 15 is 0 Å². The highest BCUT2D eigenvalue weighted by molar-refractivity contribution is 5.75. The third kappa shape index (κ3) is 3.35. The number of ether oxygens (including phenoxy) is 1. The van der Waals surface area contributed by atoms with Crippen LogP contribution in [0.4, 0.5) is 5.69 Å². The summed E-state index contributed by atoms with van der Waals surface area (Å²) in [5.74, 6) is 0.172. The van der Waals surface area contributed by atoms with Crippen molar-refractivity contribution in [3.8, 4) is 5.75 Å². The highest BCUT2D eigenvalue weighted by Gasteiger charge is 1.96. The molecule has 4 nitrogen and oxygen atoms in total. The summed E-state index contributed by atoms with van der Waals surface area (Å²) in [6, 6.07) is 7.36. The highest BCUT2D eigenvalue weighted by Crippen LogP contribution is 2.14. The van der Waals surface area contributed by atoms with Crippen molar-refractivity contribution in [2.45, 2.75) is 6.92 Å². The maximum atomic E-state index is 10.4. The van der Waals surface area contributed by atoms with Gasteiger partial charge in [0, 0.05) is 12.2 Å². The molecule has 1 aromatic carbocycles. The fraction of sp³-hybridized carbons (Fsp3) is 0.300. The Balaban J connectivity index is 2.50. The van der Waals surface area contributed by atoms with Gasteiger partial charge in [-0.1, -0.05) is 0 Å². The molecule has 0 radical (unpaired) electrons. The van der Waals surface area contributed by atoms with Crippen LogP contribution in [0.3, 0.4) is 0 Å². The fourth-order valence-electron chi connectivity index (χ4n) is 1.03. The minimum absolute atomic E-state index is 0.0828. The van der Waals surface area contributed by atoms with Crippen molar-refractivity contribution in [1.82, 2.24) is 0 Å². The molecule has 0 aromatic heterocycles. The average Bonchev–Trinajstić information content (AvgIpc) is 2.17. The molecule has 0 fully saturated rings. The second kappa shape index (κ2) is 5.11. The summed E-state index contributed by atoms with van der Waals surface area (Å²) in [6.07, 6.45) is 0. The predicted molar refractivity (Wildman–Crippen MR) is 55.3 cm³/mol. The number of nitrogens with two attached hydrogens (primary N) is 1. The van der Waals surface area contributed by atoms with Gasteiger partial charge in [-0.3, -0.25) is 4.79 Å². The van der Waals surface area contributed by atoms with Crippen LogP contribution in [0.25, 0.3) is 0 Å². The van der Waals surface area contributed by atoms with Gasteiger partial charge in [0.15, 0.2) is 6.61 Å². The Morgan fingerprint density at radius 2 is 2.07 bits per heavy atom. The molecule has 1 rings (SSSR count). The van der Waals surface area contributed by atoms with Gasteiger partial charge in [-0.05, 0) is 31.2 Å². The van der Waals surface area contributed by atoms with Crippen LogP contribution in [-0.2, 0) is 4.79 Å². The Morgan fingerprint density at radius 3 is 2.57 bits per heavy atom. The summed E-state index contributed by atoms with van der Waals surface area (Å²) < 4.78 is 5.10. The van der Waals surface area contributed by atoms with Gasteiger partial charge in [-0.25, -0.2) is 0 Å². The lowest BCUT2D eigenvalue weighted by Crippen LogP contribution is -2.19. The SMILES string of the molecule is CCNc1ccc(OCC(N)=O)cc1. The van der Waals surface area contributed by atoms with Crippen LogP contribution in [-0.4, -0.2) is 19.1 Å². The number of amides is 1. The van der Waals surface area contributed by atoms with Crippen LogP contribution in [0.2, 0.25) is 0 Å². The number of anilines is 1. The van der Waals surface area contributed by atoms with Gasteiger partial charge in [0.2, 0.25) is 0 Å². The molecular formula is C10H14N2O2. The second-order valence-electron chi connectivity index (χ2n) is 2.81. The molecule has 0 saturated carbocycles. The van der Waals surface area contributed by atoms with Crippen LogP contribution in [0.1, 0.15) is 6.92 Å². The number of carbonyl (C=O) groups is 1. The van der Waals surface area contributed by atoms with Crippen LogP contribution < -0.4 is 15.8 Å². The summed E-state index contributed by atoms with van der Waals surface area (Å²) in [5.41, 5.74) is 5.97. The van der Waals surface area contributed by atoms with Gasteiger partial charge in [-0.15, -0.1) is 0 Å². The molecule has 0 spiro atoms. The Bertz CT molecular complexity index is 295. The van der Waals surface area contributed by atoms with Gasteiger partial charge in [0.25, 0.3) is 5.91 Å². The molecule has 1 aromatic rings. The molecule has 14 heavy (non-hydrogen) atoms. The van der Waals surface area contributed by atoms with Crippen LogP contribution in [0.5, 0.6) is 5.75 Å². The number of primary amides is 1. The zero-order valence-electron chi connectivity index (χ0n) is 8.12. The van der Waals surface area contributed by atoms with Gasteiger partial charge < -0.3 is 15.8 Å². The average molecular weight is 194 g/mol. The third-order valence-electron chi connectivity index (χ3n) is 1.62. The van der Waals surface area contributed by atoms with E-state index in [1.54, 1.807) is 12.1 Å². The lowest BCUT2D eigenvalue weighted by Gasteiger charge is -2.05. The summed E-state index contributed by atoms with van der Waals surface area (Å²) in [6.45, 7) is 2.82. The Labute approximate surface area is 83.1 Å². The first-order valence-electron chi connectivity index (χ1n) is 4.47. The summed E-state index contributed by atoms with van der Waals surface area (Å²) in [4.78, 5) is 10.4. The Morgan fingerprint density at radius 1 is 1.43 bits per heavy atom. The Hall–Kier alpha value is -1.71.